The van der Waals surface area contributed by atoms with E-state index in [1.807, 2.05) is 31.2 Å². The number of rotatable bonds is 5. The molecular formula is C20H23ClN2O2. The van der Waals surface area contributed by atoms with Gasteiger partial charge in [-0.3, -0.25) is 0 Å². The monoisotopic (exact) mass is 358 g/mol. The van der Waals surface area contributed by atoms with E-state index in [0.29, 0.717) is 23.6 Å². The number of benzene rings is 1. The molecule has 0 saturated heterocycles. The third-order valence-corrected chi connectivity index (χ3v) is 4.97. The molecule has 4 nitrogen and oxygen atoms in total. The summed E-state index contributed by atoms with van der Waals surface area (Å²) >= 11 is 6.00. The molecule has 1 aliphatic carbocycles. The maximum atomic E-state index is 11.7. The number of aliphatic carboxylic acids is 1. The summed E-state index contributed by atoms with van der Waals surface area (Å²) in [5.41, 5.74) is 4.62. The zero-order chi connectivity index (χ0) is 18.1. The zero-order valence-electron chi connectivity index (χ0n) is 14.8. The van der Waals surface area contributed by atoms with Crippen molar-refractivity contribution in [3.8, 4) is 0 Å². The van der Waals surface area contributed by atoms with Crippen molar-refractivity contribution in [1.29, 1.82) is 0 Å². The van der Waals surface area contributed by atoms with E-state index in [0.717, 1.165) is 41.2 Å². The molecule has 1 aromatic carbocycles. The molecule has 0 atom stereocenters. The van der Waals surface area contributed by atoms with Gasteiger partial charge in [-0.05, 0) is 42.5 Å². The minimum atomic E-state index is -0.823. The molecular weight excluding hydrogens is 336 g/mol. The molecule has 25 heavy (non-hydrogen) atoms. The van der Waals surface area contributed by atoms with Gasteiger partial charge in [0, 0.05) is 23.1 Å². The fourth-order valence-corrected chi connectivity index (χ4v) is 3.68. The first-order valence-electron chi connectivity index (χ1n) is 8.71. The van der Waals surface area contributed by atoms with Gasteiger partial charge in [0.25, 0.3) is 0 Å². The lowest BCUT2D eigenvalue weighted by atomic mass is 10.0. The van der Waals surface area contributed by atoms with Crippen LogP contribution >= 0.6 is 11.6 Å². The quantitative estimate of drug-likeness (QED) is 0.773. The van der Waals surface area contributed by atoms with E-state index in [1.165, 1.54) is 0 Å². The number of imidazole rings is 1. The van der Waals surface area contributed by atoms with Crippen molar-refractivity contribution in [3.05, 3.63) is 57.6 Å². The Hall–Kier alpha value is -2.07. The molecule has 0 fully saturated rings. The van der Waals surface area contributed by atoms with Gasteiger partial charge in [-0.15, -0.1) is 0 Å². The van der Waals surface area contributed by atoms with Crippen LogP contribution in [0.15, 0.2) is 29.8 Å². The fourth-order valence-electron chi connectivity index (χ4n) is 3.56. The number of nitrogens with zero attached hydrogens (tertiary/aromatic N) is 2. The Morgan fingerprint density at radius 3 is 2.52 bits per heavy atom. The molecule has 0 saturated carbocycles. The number of halogens is 1. The van der Waals surface area contributed by atoms with Crippen molar-refractivity contribution < 1.29 is 9.90 Å². The van der Waals surface area contributed by atoms with Gasteiger partial charge in [-0.25, -0.2) is 9.78 Å². The molecule has 0 radical (unpaired) electrons. The van der Waals surface area contributed by atoms with Crippen LogP contribution in [-0.4, -0.2) is 20.6 Å². The summed E-state index contributed by atoms with van der Waals surface area (Å²) in [5.74, 6) is 0.461. The van der Waals surface area contributed by atoms with Gasteiger partial charge < -0.3 is 9.67 Å². The third-order valence-electron chi connectivity index (χ3n) is 4.71. The largest absolute Gasteiger partial charge is 0.478 e. The second kappa shape index (κ2) is 7.04. The van der Waals surface area contributed by atoms with Crippen LogP contribution in [0.3, 0.4) is 0 Å². The van der Waals surface area contributed by atoms with E-state index in [4.69, 9.17) is 16.6 Å². The van der Waals surface area contributed by atoms with Crippen molar-refractivity contribution in [2.45, 2.75) is 52.5 Å². The summed E-state index contributed by atoms with van der Waals surface area (Å²) in [5, 5.41) is 10.3. The average Bonchev–Trinajstić information content (AvgIpc) is 3.11. The predicted molar refractivity (Wildman–Crippen MR) is 100 cm³/mol. The van der Waals surface area contributed by atoms with E-state index in [-0.39, 0.29) is 5.92 Å². The first-order chi connectivity index (χ1) is 11.9. The molecule has 1 aliphatic rings. The van der Waals surface area contributed by atoms with Crippen molar-refractivity contribution >= 4 is 23.1 Å². The van der Waals surface area contributed by atoms with Crippen molar-refractivity contribution in [3.63, 3.8) is 0 Å². The third kappa shape index (κ3) is 3.36. The highest BCUT2D eigenvalue weighted by molar-refractivity contribution is 6.30. The molecule has 1 heterocycles. The second-order valence-corrected chi connectivity index (χ2v) is 7.18. The molecule has 0 aliphatic heterocycles. The summed E-state index contributed by atoms with van der Waals surface area (Å²) in [7, 11) is 0. The Morgan fingerprint density at radius 1 is 1.28 bits per heavy atom. The summed E-state index contributed by atoms with van der Waals surface area (Å²) in [6.07, 6.45) is 2.09. The minimum Gasteiger partial charge on any atom is -0.478 e. The first kappa shape index (κ1) is 17.7. The Morgan fingerprint density at radius 2 is 1.96 bits per heavy atom. The number of fused-ring (bicyclic) bond motifs is 1. The Bertz CT molecular complexity index is 832. The van der Waals surface area contributed by atoms with Crippen molar-refractivity contribution in [1.82, 2.24) is 9.55 Å². The molecule has 0 unspecified atom stereocenters. The maximum absolute atomic E-state index is 11.7. The lowest BCUT2D eigenvalue weighted by Gasteiger charge is -2.16. The van der Waals surface area contributed by atoms with Crippen LogP contribution in [0.2, 0.25) is 5.02 Å². The van der Waals surface area contributed by atoms with Gasteiger partial charge in [0.1, 0.15) is 5.82 Å². The first-order valence-corrected chi connectivity index (χ1v) is 9.09. The van der Waals surface area contributed by atoms with Crippen molar-refractivity contribution in [2.24, 2.45) is 0 Å². The fraction of sp³-hybridized carbons (Fsp3) is 0.400. The molecule has 5 heteroatoms. The number of carbonyl (C=O) groups is 1. The highest BCUT2D eigenvalue weighted by atomic mass is 35.5. The summed E-state index contributed by atoms with van der Waals surface area (Å²) in [6, 6.07) is 7.79. The highest BCUT2D eigenvalue weighted by Crippen LogP contribution is 2.38. The van der Waals surface area contributed by atoms with Crippen LogP contribution in [0.5, 0.6) is 0 Å². The van der Waals surface area contributed by atoms with Gasteiger partial charge in [0.2, 0.25) is 0 Å². The number of allylic oxidation sites excluding steroid dienone is 1. The van der Waals surface area contributed by atoms with Crippen LogP contribution in [0.4, 0.5) is 0 Å². The minimum absolute atomic E-state index is 0.272. The molecule has 0 bridgehead atoms. The molecule has 132 valence electrons. The van der Waals surface area contributed by atoms with E-state index < -0.39 is 5.97 Å². The summed E-state index contributed by atoms with van der Waals surface area (Å²) in [4.78, 5) is 16.5. The molecule has 1 N–H and O–H groups in total. The Labute approximate surface area is 153 Å². The lowest BCUT2D eigenvalue weighted by Crippen LogP contribution is -2.11. The van der Waals surface area contributed by atoms with Crippen LogP contribution in [0.1, 0.15) is 62.3 Å². The second-order valence-electron chi connectivity index (χ2n) is 6.75. The number of aryl methyl sites for hydroxylation is 1. The smallest absolute Gasteiger partial charge is 0.331 e. The van der Waals surface area contributed by atoms with Gasteiger partial charge in [0.05, 0.1) is 11.4 Å². The Kier molecular flexibility index (Phi) is 5.00. The number of carboxylic acids is 1. The number of carboxylic acid groups (broad SMARTS) is 1. The molecule has 0 amide bonds. The maximum Gasteiger partial charge on any atom is 0.331 e. The molecule has 1 aromatic heterocycles. The van der Waals surface area contributed by atoms with Crippen LogP contribution in [0.25, 0.3) is 5.57 Å². The molecule has 2 aromatic rings. The van der Waals surface area contributed by atoms with Gasteiger partial charge >= 0.3 is 5.97 Å². The predicted octanol–water partition coefficient (Wildman–Crippen LogP) is 4.90. The topological polar surface area (TPSA) is 55.1 Å². The van der Waals surface area contributed by atoms with Crippen LogP contribution in [0, 0.1) is 0 Å². The normalized spacial score (nSPS) is 15.6. The van der Waals surface area contributed by atoms with Crippen LogP contribution < -0.4 is 0 Å². The standard InChI is InChI=1S/C20H23ClN2O2/c1-4-15(20(24)25)16-9-10-17-18(16)23(19(22-17)12(2)3)11-13-5-7-14(21)8-6-13/h5-8,12H,4,9-11H2,1-3H3,(H,24,25)/b16-15-. The lowest BCUT2D eigenvalue weighted by molar-refractivity contribution is -0.132. The van der Waals surface area contributed by atoms with Gasteiger partial charge in [-0.2, -0.15) is 0 Å². The summed E-state index contributed by atoms with van der Waals surface area (Å²) in [6.45, 7) is 6.82. The highest BCUT2D eigenvalue weighted by Gasteiger charge is 2.30. The molecule has 0 spiro atoms. The van der Waals surface area contributed by atoms with E-state index in [1.54, 1.807) is 0 Å². The van der Waals surface area contributed by atoms with Crippen LogP contribution in [-0.2, 0) is 17.8 Å². The van der Waals surface area contributed by atoms with E-state index >= 15 is 0 Å². The van der Waals surface area contributed by atoms with Gasteiger partial charge in [-0.1, -0.05) is 44.5 Å². The average molecular weight is 359 g/mol. The zero-order valence-corrected chi connectivity index (χ0v) is 15.6. The number of hydrogen-bond donors (Lipinski definition) is 1. The van der Waals surface area contributed by atoms with E-state index in [2.05, 4.69) is 18.4 Å². The number of hydrogen-bond acceptors (Lipinski definition) is 2. The van der Waals surface area contributed by atoms with E-state index in [9.17, 15) is 9.90 Å². The van der Waals surface area contributed by atoms with Gasteiger partial charge in [0.15, 0.2) is 0 Å². The van der Waals surface area contributed by atoms with Crippen molar-refractivity contribution in [2.75, 3.05) is 0 Å². The molecule has 3 rings (SSSR count). The number of aromatic nitrogens is 2. The Balaban J connectivity index is 2.14. The SMILES string of the molecule is CC/C(C(=O)O)=C1\CCc2nc(C(C)C)n(Cc3ccc(Cl)cc3)c21. The summed E-state index contributed by atoms with van der Waals surface area (Å²) < 4.78 is 2.20.